The summed E-state index contributed by atoms with van der Waals surface area (Å²) in [5.41, 5.74) is 0.316. The maximum Gasteiger partial charge on any atom is 0.243 e. The van der Waals surface area contributed by atoms with Crippen LogP contribution >= 0.6 is 23.2 Å². The van der Waals surface area contributed by atoms with Crippen LogP contribution in [0.1, 0.15) is 11.1 Å². The third-order valence-electron chi connectivity index (χ3n) is 4.69. The number of nitrogens with one attached hydrogen (secondary N) is 2. The standard InChI is InChI=1S/C21H21Cl2FN4O4/c1-4-17(29)27-13-9-32-10-14(13)28-21-25-7-11(8-26-21)5-12(24)18-19(22)15(30-2)6-16(31-3)20(18)23/h4-8,13-14H,1,9-10H2,2-3H3,(H,27,29)(H,25,26,28)/b12-5-/t13-,14+/m1/s1. The lowest BCUT2D eigenvalue weighted by molar-refractivity contribution is -0.117. The van der Waals surface area contributed by atoms with E-state index < -0.39 is 5.83 Å². The van der Waals surface area contributed by atoms with Crippen LogP contribution in [-0.4, -0.2) is 55.4 Å². The predicted octanol–water partition coefficient (Wildman–Crippen LogP) is 3.75. The fourth-order valence-corrected chi connectivity index (χ4v) is 3.73. The average Bonchev–Trinajstić information content (AvgIpc) is 3.21. The first-order valence-corrected chi connectivity index (χ1v) is 10.2. The Hall–Kier alpha value is -2.88. The normalized spacial score (nSPS) is 18.2. The van der Waals surface area contributed by atoms with Crippen LogP contribution in [0.4, 0.5) is 10.3 Å². The lowest BCUT2D eigenvalue weighted by atomic mass is 10.1. The molecule has 2 heterocycles. The number of carbonyl (C=O) groups excluding carboxylic acids is 1. The van der Waals surface area contributed by atoms with Crippen molar-refractivity contribution in [2.45, 2.75) is 12.1 Å². The molecular formula is C21H21Cl2FN4O4. The Balaban J connectivity index is 1.78. The van der Waals surface area contributed by atoms with Crippen molar-refractivity contribution in [2.75, 3.05) is 32.8 Å². The summed E-state index contributed by atoms with van der Waals surface area (Å²) in [6.07, 6.45) is 5.25. The van der Waals surface area contributed by atoms with Crippen molar-refractivity contribution < 1.29 is 23.4 Å². The molecule has 2 aromatic rings. The minimum absolute atomic E-state index is 0.0140. The minimum atomic E-state index is -0.710. The van der Waals surface area contributed by atoms with E-state index in [-0.39, 0.29) is 45.1 Å². The Bertz CT molecular complexity index is 1010. The molecule has 0 spiro atoms. The zero-order valence-corrected chi connectivity index (χ0v) is 18.8. The third-order valence-corrected chi connectivity index (χ3v) is 5.44. The van der Waals surface area contributed by atoms with Crippen LogP contribution in [0.5, 0.6) is 11.5 Å². The predicted molar refractivity (Wildman–Crippen MR) is 121 cm³/mol. The number of benzene rings is 1. The highest BCUT2D eigenvalue weighted by Gasteiger charge is 2.29. The van der Waals surface area contributed by atoms with Crippen LogP contribution in [-0.2, 0) is 9.53 Å². The molecule has 8 nitrogen and oxygen atoms in total. The van der Waals surface area contributed by atoms with Gasteiger partial charge in [-0.25, -0.2) is 14.4 Å². The first-order chi connectivity index (χ1) is 15.4. The highest BCUT2D eigenvalue weighted by atomic mass is 35.5. The molecule has 1 amide bonds. The molecule has 1 aliphatic rings. The van der Waals surface area contributed by atoms with Crippen molar-refractivity contribution >= 4 is 47.0 Å². The molecule has 0 saturated carbocycles. The fraction of sp³-hybridized carbons (Fsp3) is 0.286. The zero-order chi connectivity index (χ0) is 23.3. The molecule has 2 N–H and O–H groups in total. The number of ether oxygens (including phenoxy) is 3. The molecule has 0 bridgehead atoms. The van der Waals surface area contributed by atoms with Crippen LogP contribution in [0.3, 0.4) is 0 Å². The van der Waals surface area contributed by atoms with E-state index in [2.05, 4.69) is 27.2 Å². The van der Waals surface area contributed by atoms with Crippen molar-refractivity contribution in [3.63, 3.8) is 0 Å². The number of anilines is 1. The van der Waals surface area contributed by atoms with E-state index >= 15 is 4.39 Å². The highest BCUT2D eigenvalue weighted by Crippen LogP contribution is 2.44. The van der Waals surface area contributed by atoms with Gasteiger partial charge in [0.1, 0.15) is 17.3 Å². The number of carbonyl (C=O) groups is 1. The topological polar surface area (TPSA) is 94.6 Å². The molecule has 32 heavy (non-hydrogen) atoms. The number of nitrogens with zero attached hydrogens (tertiary/aromatic N) is 2. The number of hydrogen-bond donors (Lipinski definition) is 2. The van der Waals surface area contributed by atoms with E-state index in [1.807, 2.05) is 0 Å². The summed E-state index contributed by atoms with van der Waals surface area (Å²) in [7, 11) is 2.81. The third kappa shape index (κ3) is 5.29. The van der Waals surface area contributed by atoms with Crippen molar-refractivity contribution in [1.29, 1.82) is 0 Å². The van der Waals surface area contributed by atoms with Crippen LogP contribution in [0.15, 0.2) is 31.1 Å². The number of hydrogen-bond acceptors (Lipinski definition) is 7. The Morgan fingerprint density at radius 2 is 1.78 bits per heavy atom. The molecule has 2 atom stereocenters. The van der Waals surface area contributed by atoms with E-state index in [9.17, 15) is 4.79 Å². The minimum Gasteiger partial charge on any atom is -0.495 e. The number of halogens is 3. The number of aromatic nitrogens is 2. The Labute approximate surface area is 194 Å². The van der Waals surface area contributed by atoms with E-state index in [1.54, 1.807) is 0 Å². The fourth-order valence-electron chi connectivity index (χ4n) is 3.05. The van der Waals surface area contributed by atoms with Gasteiger partial charge in [-0.3, -0.25) is 4.79 Å². The SMILES string of the molecule is C=CC(=O)N[C@@H]1COC[C@@H]1Nc1ncc(/C=C(\F)c2c(Cl)c(OC)cc(OC)c2Cl)cn1. The summed E-state index contributed by atoms with van der Waals surface area (Å²) in [5.74, 6) is -0.262. The smallest absolute Gasteiger partial charge is 0.243 e. The monoisotopic (exact) mass is 482 g/mol. The van der Waals surface area contributed by atoms with Crippen LogP contribution < -0.4 is 20.1 Å². The first-order valence-electron chi connectivity index (χ1n) is 9.44. The summed E-state index contributed by atoms with van der Waals surface area (Å²) in [4.78, 5) is 19.9. The lowest BCUT2D eigenvalue weighted by Crippen LogP contribution is -2.45. The van der Waals surface area contributed by atoms with Gasteiger partial charge in [-0.15, -0.1) is 0 Å². The Kier molecular flexibility index (Phi) is 7.89. The first kappa shape index (κ1) is 23.8. The van der Waals surface area contributed by atoms with Gasteiger partial charge < -0.3 is 24.8 Å². The van der Waals surface area contributed by atoms with Gasteiger partial charge in [-0.1, -0.05) is 29.8 Å². The van der Waals surface area contributed by atoms with E-state index in [4.69, 9.17) is 37.4 Å². The zero-order valence-electron chi connectivity index (χ0n) is 17.3. The molecule has 1 saturated heterocycles. The van der Waals surface area contributed by atoms with Crippen LogP contribution in [0.25, 0.3) is 11.9 Å². The summed E-state index contributed by atoms with van der Waals surface area (Å²) >= 11 is 12.5. The molecule has 1 aliphatic heterocycles. The second kappa shape index (κ2) is 10.6. The van der Waals surface area contributed by atoms with Crippen molar-refractivity contribution in [1.82, 2.24) is 15.3 Å². The van der Waals surface area contributed by atoms with E-state index in [1.165, 1.54) is 44.8 Å². The van der Waals surface area contributed by atoms with Crippen LogP contribution in [0, 0.1) is 0 Å². The van der Waals surface area contributed by atoms with Gasteiger partial charge in [-0.05, 0) is 12.2 Å². The van der Waals surface area contributed by atoms with Crippen molar-refractivity contribution in [2.24, 2.45) is 0 Å². The largest absolute Gasteiger partial charge is 0.495 e. The number of amides is 1. The maximum atomic E-state index is 15.1. The average molecular weight is 483 g/mol. The van der Waals surface area contributed by atoms with Crippen LogP contribution in [0.2, 0.25) is 10.0 Å². The summed E-state index contributed by atoms with van der Waals surface area (Å²) in [6, 6.07) is 0.995. The van der Waals surface area contributed by atoms with Gasteiger partial charge in [0, 0.05) is 24.0 Å². The second-order valence-corrected chi connectivity index (χ2v) is 7.48. The summed E-state index contributed by atoms with van der Waals surface area (Å²) in [6.45, 7) is 4.16. The molecule has 1 aromatic carbocycles. The molecule has 170 valence electrons. The summed E-state index contributed by atoms with van der Waals surface area (Å²) in [5, 5.41) is 5.90. The summed E-state index contributed by atoms with van der Waals surface area (Å²) < 4.78 is 30.8. The van der Waals surface area contributed by atoms with Gasteiger partial charge in [0.25, 0.3) is 0 Å². The van der Waals surface area contributed by atoms with Gasteiger partial charge in [0.05, 0.1) is 55.1 Å². The molecule has 0 aliphatic carbocycles. The number of rotatable bonds is 8. The van der Waals surface area contributed by atoms with Crippen molar-refractivity contribution in [3.05, 3.63) is 52.3 Å². The van der Waals surface area contributed by atoms with E-state index in [0.717, 1.165) is 0 Å². The number of methoxy groups -OCH3 is 2. The van der Waals surface area contributed by atoms with Crippen molar-refractivity contribution in [3.8, 4) is 11.5 Å². The molecule has 3 rings (SSSR count). The molecule has 1 fully saturated rings. The Morgan fingerprint density at radius 1 is 1.19 bits per heavy atom. The lowest BCUT2D eigenvalue weighted by Gasteiger charge is -2.19. The highest BCUT2D eigenvalue weighted by molar-refractivity contribution is 6.39. The molecule has 1 aromatic heterocycles. The Morgan fingerprint density at radius 3 is 2.34 bits per heavy atom. The van der Waals surface area contributed by atoms with Gasteiger partial charge in [-0.2, -0.15) is 0 Å². The van der Waals surface area contributed by atoms with Gasteiger partial charge >= 0.3 is 0 Å². The molecular weight excluding hydrogens is 462 g/mol. The molecule has 0 radical (unpaired) electrons. The van der Waals surface area contributed by atoms with Gasteiger partial charge in [0.15, 0.2) is 0 Å². The quantitative estimate of drug-likeness (QED) is 0.553. The molecule has 0 unspecified atom stereocenters. The molecule has 11 heteroatoms. The van der Waals surface area contributed by atoms with Gasteiger partial charge in [0.2, 0.25) is 11.9 Å². The van der Waals surface area contributed by atoms with E-state index in [0.29, 0.717) is 24.7 Å². The second-order valence-electron chi connectivity index (χ2n) is 6.72. The maximum absolute atomic E-state index is 15.1.